The Bertz CT molecular complexity index is 622. The van der Waals surface area contributed by atoms with Crippen LogP contribution in [0.3, 0.4) is 0 Å². The van der Waals surface area contributed by atoms with Gasteiger partial charge in [-0.2, -0.15) is 0 Å². The van der Waals surface area contributed by atoms with E-state index in [0.717, 1.165) is 41.8 Å². The van der Waals surface area contributed by atoms with Crippen LogP contribution in [0.15, 0.2) is 17.1 Å². The molecule has 0 spiro atoms. The number of nitrogens with zero attached hydrogens (tertiary/aromatic N) is 2. The van der Waals surface area contributed by atoms with Crippen LogP contribution in [0.25, 0.3) is 0 Å². The number of aryl methyl sites for hydroxylation is 2. The second kappa shape index (κ2) is 9.26. The number of halogens is 1. The summed E-state index contributed by atoms with van der Waals surface area (Å²) in [6.45, 7) is 12.1. The van der Waals surface area contributed by atoms with Gasteiger partial charge in [0.15, 0.2) is 5.96 Å². The number of phenolic OH excluding ortho intramolecular Hbond substituents is 1. The minimum absolute atomic E-state index is 0. The number of guanidine groups is 1. The number of hydrogen-bond donors (Lipinski definition) is 3. The summed E-state index contributed by atoms with van der Waals surface area (Å²) in [5.74, 6) is 1.92. The highest BCUT2D eigenvalue weighted by atomic mass is 127. The molecule has 1 saturated heterocycles. The Labute approximate surface area is 174 Å². The van der Waals surface area contributed by atoms with Crippen molar-refractivity contribution >= 4 is 29.9 Å². The van der Waals surface area contributed by atoms with E-state index in [1.165, 1.54) is 19.4 Å². The Morgan fingerprint density at radius 1 is 1.23 bits per heavy atom. The van der Waals surface area contributed by atoms with Gasteiger partial charge in [-0.3, -0.25) is 4.90 Å². The van der Waals surface area contributed by atoms with Crippen LogP contribution in [0.5, 0.6) is 5.75 Å². The fourth-order valence-corrected chi connectivity index (χ4v) is 3.73. The molecule has 6 heteroatoms. The van der Waals surface area contributed by atoms with Crippen LogP contribution in [0, 0.1) is 19.8 Å². The normalized spacial score (nSPS) is 23.6. The molecular formula is C20H33IN4O. The summed E-state index contributed by atoms with van der Waals surface area (Å²) >= 11 is 0. The third-order valence-corrected chi connectivity index (χ3v) is 5.34. The van der Waals surface area contributed by atoms with E-state index in [4.69, 9.17) is 4.99 Å². The number of nitrogens with one attached hydrogen (secondary N) is 2. The number of benzene rings is 1. The Balaban J connectivity index is 0.00000243. The van der Waals surface area contributed by atoms with E-state index in [0.29, 0.717) is 24.3 Å². The van der Waals surface area contributed by atoms with Crippen LogP contribution in [0.1, 0.15) is 43.4 Å². The highest BCUT2D eigenvalue weighted by molar-refractivity contribution is 14.0. The molecule has 0 radical (unpaired) electrons. The molecule has 3 rings (SSSR count). The van der Waals surface area contributed by atoms with Gasteiger partial charge in [0, 0.05) is 31.7 Å². The quantitative estimate of drug-likeness (QED) is 0.350. The lowest BCUT2D eigenvalue weighted by Crippen LogP contribution is -2.46. The molecule has 1 saturated carbocycles. The van der Waals surface area contributed by atoms with Gasteiger partial charge in [-0.05, 0) is 56.2 Å². The Morgan fingerprint density at radius 2 is 1.88 bits per heavy atom. The van der Waals surface area contributed by atoms with Crippen LogP contribution >= 0.6 is 24.0 Å². The second-order valence-electron chi connectivity index (χ2n) is 7.69. The van der Waals surface area contributed by atoms with Gasteiger partial charge in [-0.1, -0.05) is 19.1 Å². The molecule has 2 aliphatic rings. The van der Waals surface area contributed by atoms with Gasteiger partial charge in [0.25, 0.3) is 0 Å². The van der Waals surface area contributed by atoms with Crippen molar-refractivity contribution < 1.29 is 5.11 Å². The highest BCUT2D eigenvalue weighted by Crippen LogP contribution is 2.31. The van der Waals surface area contributed by atoms with Crippen molar-refractivity contribution in [3.63, 3.8) is 0 Å². The summed E-state index contributed by atoms with van der Waals surface area (Å²) in [4.78, 5) is 7.40. The Morgan fingerprint density at radius 3 is 2.46 bits per heavy atom. The van der Waals surface area contributed by atoms with E-state index in [1.807, 2.05) is 26.0 Å². The molecule has 1 heterocycles. The molecule has 1 aromatic rings. The Hall–Kier alpha value is -1.02. The van der Waals surface area contributed by atoms with Gasteiger partial charge in [-0.15, -0.1) is 24.0 Å². The first kappa shape index (κ1) is 21.3. The van der Waals surface area contributed by atoms with Crippen molar-refractivity contribution in [2.24, 2.45) is 10.9 Å². The maximum atomic E-state index is 9.92. The molecule has 0 bridgehead atoms. The number of rotatable bonds is 5. The fourth-order valence-electron chi connectivity index (χ4n) is 3.73. The van der Waals surface area contributed by atoms with Gasteiger partial charge in [0.2, 0.25) is 0 Å². The smallest absolute Gasteiger partial charge is 0.191 e. The summed E-state index contributed by atoms with van der Waals surface area (Å²) < 4.78 is 0. The van der Waals surface area contributed by atoms with Crippen molar-refractivity contribution in [2.75, 3.05) is 19.6 Å². The standard InChI is InChI=1S/C20H32N4O.HI/c1-5-21-20(22-10-16-8-13(2)19(25)14(3)9-16)23-18-12-24(11-15(18)4)17-6-7-17;/h8-9,15,17-18,25H,5-7,10-12H2,1-4H3,(H2,21,22,23);1H. The number of aromatic hydroxyl groups is 1. The lowest BCUT2D eigenvalue weighted by Gasteiger charge is -2.20. The number of aliphatic imine (C=N–C) groups is 1. The predicted molar refractivity (Wildman–Crippen MR) is 118 cm³/mol. The Kier molecular flexibility index (Phi) is 7.58. The molecule has 0 amide bonds. The van der Waals surface area contributed by atoms with E-state index in [-0.39, 0.29) is 24.0 Å². The van der Waals surface area contributed by atoms with Crippen molar-refractivity contribution in [3.8, 4) is 5.75 Å². The molecule has 1 aliphatic heterocycles. The molecule has 3 N–H and O–H groups in total. The first-order valence-electron chi connectivity index (χ1n) is 9.56. The minimum atomic E-state index is 0. The zero-order chi connectivity index (χ0) is 18.0. The molecule has 2 unspecified atom stereocenters. The second-order valence-corrected chi connectivity index (χ2v) is 7.69. The zero-order valence-electron chi connectivity index (χ0n) is 16.4. The molecule has 2 atom stereocenters. The average Bonchev–Trinajstić information content (AvgIpc) is 3.35. The van der Waals surface area contributed by atoms with E-state index in [9.17, 15) is 5.11 Å². The summed E-state index contributed by atoms with van der Waals surface area (Å²) in [5, 5.41) is 16.9. The average molecular weight is 472 g/mol. The molecule has 2 fully saturated rings. The van der Waals surface area contributed by atoms with E-state index < -0.39 is 0 Å². The minimum Gasteiger partial charge on any atom is -0.507 e. The van der Waals surface area contributed by atoms with Crippen LogP contribution in [-0.2, 0) is 6.54 Å². The molecule has 1 aliphatic carbocycles. The maximum absolute atomic E-state index is 9.92. The summed E-state index contributed by atoms with van der Waals surface area (Å²) in [5.41, 5.74) is 2.95. The van der Waals surface area contributed by atoms with Crippen molar-refractivity contribution in [1.82, 2.24) is 15.5 Å². The van der Waals surface area contributed by atoms with Crippen LogP contribution in [-0.4, -0.2) is 47.7 Å². The van der Waals surface area contributed by atoms with E-state index in [2.05, 4.69) is 29.4 Å². The van der Waals surface area contributed by atoms with Crippen molar-refractivity contribution in [3.05, 3.63) is 28.8 Å². The topological polar surface area (TPSA) is 59.9 Å². The maximum Gasteiger partial charge on any atom is 0.191 e. The lowest BCUT2D eigenvalue weighted by atomic mass is 10.1. The first-order chi connectivity index (χ1) is 12.0. The van der Waals surface area contributed by atoms with Gasteiger partial charge < -0.3 is 15.7 Å². The first-order valence-corrected chi connectivity index (χ1v) is 9.56. The van der Waals surface area contributed by atoms with Gasteiger partial charge >= 0.3 is 0 Å². The number of phenols is 1. The summed E-state index contributed by atoms with van der Waals surface area (Å²) in [6.07, 6.45) is 2.74. The van der Waals surface area contributed by atoms with E-state index in [1.54, 1.807) is 0 Å². The summed E-state index contributed by atoms with van der Waals surface area (Å²) in [7, 11) is 0. The molecule has 0 aromatic heterocycles. The molecule has 5 nitrogen and oxygen atoms in total. The van der Waals surface area contributed by atoms with Gasteiger partial charge in [-0.25, -0.2) is 4.99 Å². The monoisotopic (exact) mass is 472 g/mol. The molecule has 146 valence electrons. The van der Waals surface area contributed by atoms with E-state index >= 15 is 0 Å². The SMILES string of the molecule is CCNC(=NCc1cc(C)c(O)c(C)c1)NC1CN(C2CC2)CC1C.I. The summed E-state index contributed by atoms with van der Waals surface area (Å²) in [6, 6.07) is 5.32. The number of hydrogen-bond acceptors (Lipinski definition) is 3. The van der Waals surface area contributed by atoms with Crippen molar-refractivity contribution in [2.45, 2.75) is 59.2 Å². The van der Waals surface area contributed by atoms with Gasteiger partial charge in [0.05, 0.1) is 6.54 Å². The van der Waals surface area contributed by atoms with Crippen molar-refractivity contribution in [1.29, 1.82) is 0 Å². The third-order valence-electron chi connectivity index (χ3n) is 5.34. The third kappa shape index (κ3) is 5.25. The van der Waals surface area contributed by atoms with Crippen LogP contribution in [0.2, 0.25) is 0 Å². The largest absolute Gasteiger partial charge is 0.507 e. The molecular weight excluding hydrogens is 439 g/mol. The zero-order valence-corrected chi connectivity index (χ0v) is 18.7. The highest BCUT2D eigenvalue weighted by Gasteiger charge is 2.38. The lowest BCUT2D eigenvalue weighted by molar-refractivity contribution is 0.315. The molecule has 26 heavy (non-hydrogen) atoms. The van der Waals surface area contributed by atoms with Crippen LogP contribution in [0.4, 0.5) is 0 Å². The predicted octanol–water partition coefficient (Wildman–Crippen LogP) is 3.16. The fraction of sp³-hybridized carbons (Fsp3) is 0.650. The molecule has 1 aromatic carbocycles. The van der Waals surface area contributed by atoms with Crippen LogP contribution < -0.4 is 10.6 Å². The van der Waals surface area contributed by atoms with Gasteiger partial charge in [0.1, 0.15) is 5.75 Å². The number of likely N-dealkylation sites (tertiary alicyclic amines) is 1.